The van der Waals surface area contributed by atoms with E-state index in [0.29, 0.717) is 5.56 Å². The maximum atomic E-state index is 13.8. The number of halogens is 4. The third-order valence-electron chi connectivity index (χ3n) is 4.26. The summed E-state index contributed by atoms with van der Waals surface area (Å²) in [4.78, 5) is 16.0. The van der Waals surface area contributed by atoms with E-state index in [-0.39, 0.29) is 16.8 Å². The predicted molar refractivity (Wildman–Crippen MR) is 94.2 cm³/mol. The second-order valence-electron chi connectivity index (χ2n) is 6.19. The summed E-state index contributed by atoms with van der Waals surface area (Å²) in [5, 5.41) is 2.58. The molecule has 3 aromatic rings. The van der Waals surface area contributed by atoms with E-state index in [9.17, 15) is 22.4 Å². The number of benzene rings is 2. The maximum absolute atomic E-state index is 13.8. The van der Waals surface area contributed by atoms with Gasteiger partial charge in [0, 0.05) is 0 Å². The fourth-order valence-corrected chi connectivity index (χ4v) is 2.92. The number of hydrogen-bond acceptors (Lipinski definition) is 3. The van der Waals surface area contributed by atoms with Crippen LogP contribution in [0.3, 0.4) is 0 Å². The minimum Gasteiger partial charge on any atom is -0.494 e. The third kappa shape index (κ3) is 3.92. The molecule has 0 saturated heterocycles. The zero-order valence-electron chi connectivity index (χ0n) is 15.0. The molecule has 0 aliphatic carbocycles. The molecular formula is C19H17F4N3O2. The molecule has 1 N–H and O–H groups in total. The van der Waals surface area contributed by atoms with Gasteiger partial charge in [-0.3, -0.25) is 4.79 Å². The Morgan fingerprint density at radius 2 is 1.96 bits per heavy atom. The van der Waals surface area contributed by atoms with Crippen LogP contribution in [0, 0.1) is 5.82 Å². The number of rotatable bonds is 5. The van der Waals surface area contributed by atoms with Crippen LogP contribution in [0.15, 0.2) is 42.5 Å². The Morgan fingerprint density at radius 3 is 2.61 bits per heavy atom. The van der Waals surface area contributed by atoms with Crippen LogP contribution >= 0.6 is 0 Å². The van der Waals surface area contributed by atoms with Crippen molar-refractivity contribution < 1.29 is 27.1 Å². The topological polar surface area (TPSA) is 56.1 Å². The van der Waals surface area contributed by atoms with E-state index >= 15 is 0 Å². The lowest BCUT2D eigenvalue weighted by Gasteiger charge is -2.17. The van der Waals surface area contributed by atoms with Gasteiger partial charge in [-0.05, 0) is 36.8 Å². The molecule has 0 bridgehead atoms. The Bertz CT molecular complexity index is 1010. The average molecular weight is 395 g/mol. The molecule has 5 nitrogen and oxygen atoms in total. The monoisotopic (exact) mass is 395 g/mol. The number of methoxy groups -OCH3 is 1. The van der Waals surface area contributed by atoms with Crippen LogP contribution in [0.5, 0.6) is 5.75 Å². The van der Waals surface area contributed by atoms with Gasteiger partial charge in [-0.1, -0.05) is 18.2 Å². The van der Waals surface area contributed by atoms with E-state index in [1.807, 2.05) is 0 Å². The van der Waals surface area contributed by atoms with Gasteiger partial charge >= 0.3 is 6.18 Å². The zero-order chi connectivity index (χ0) is 20.5. The fourth-order valence-electron chi connectivity index (χ4n) is 2.92. The van der Waals surface area contributed by atoms with Gasteiger partial charge < -0.3 is 14.6 Å². The number of alkyl halides is 3. The van der Waals surface area contributed by atoms with E-state index in [1.165, 1.54) is 31.4 Å². The number of fused-ring (bicyclic) bond motifs is 1. The molecule has 0 saturated carbocycles. The van der Waals surface area contributed by atoms with Crippen molar-refractivity contribution in [3.8, 4) is 5.75 Å². The molecule has 0 radical (unpaired) electrons. The summed E-state index contributed by atoms with van der Waals surface area (Å²) in [6.07, 6.45) is -4.70. The first-order valence-electron chi connectivity index (χ1n) is 8.36. The number of imidazole rings is 1. The molecule has 0 aliphatic rings. The highest BCUT2D eigenvalue weighted by molar-refractivity contribution is 5.81. The summed E-state index contributed by atoms with van der Waals surface area (Å²) in [5.41, 5.74) is 0.805. The van der Waals surface area contributed by atoms with Gasteiger partial charge in [0.1, 0.15) is 6.54 Å². The van der Waals surface area contributed by atoms with E-state index in [0.717, 1.165) is 4.57 Å². The van der Waals surface area contributed by atoms with Gasteiger partial charge in [-0.25, -0.2) is 9.37 Å². The van der Waals surface area contributed by atoms with Crippen LogP contribution < -0.4 is 10.1 Å². The van der Waals surface area contributed by atoms with E-state index < -0.39 is 36.3 Å². The SMILES string of the molecule is COc1ccc(C(C)NC(=O)Cn2c(C(F)(F)F)nc3ccccc32)cc1F. The Labute approximate surface area is 157 Å². The summed E-state index contributed by atoms with van der Waals surface area (Å²) in [5.74, 6) is -2.34. The average Bonchev–Trinajstić information content (AvgIpc) is 3.00. The summed E-state index contributed by atoms with van der Waals surface area (Å²) in [7, 11) is 1.33. The third-order valence-corrected chi connectivity index (χ3v) is 4.26. The van der Waals surface area contributed by atoms with Crippen molar-refractivity contribution in [2.75, 3.05) is 7.11 Å². The summed E-state index contributed by atoms with van der Waals surface area (Å²) >= 11 is 0. The summed E-state index contributed by atoms with van der Waals surface area (Å²) in [6, 6.07) is 9.63. The molecule has 1 amide bonds. The molecule has 1 atom stereocenters. The molecule has 3 rings (SSSR count). The first kappa shape index (κ1) is 19.7. The number of ether oxygens (including phenoxy) is 1. The first-order chi connectivity index (χ1) is 13.2. The molecule has 1 aromatic heterocycles. The molecular weight excluding hydrogens is 378 g/mol. The van der Waals surface area contributed by atoms with Crippen LogP contribution in [-0.4, -0.2) is 22.6 Å². The van der Waals surface area contributed by atoms with Gasteiger partial charge in [0.25, 0.3) is 0 Å². The highest BCUT2D eigenvalue weighted by Gasteiger charge is 2.38. The van der Waals surface area contributed by atoms with Gasteiger partial charge in [0.15, 0.2) is 11.6 Å². The van der Waals surface area contributed by atoms with E-state index in [2.05, 4.69) is 10.3 Å². The number of carbonyl (C=O) groups is 1. The number of aromatic nitrogens is 2. The van der Waals surface area contributed by atoms with Crippen molar-refractivity contribution in [3.05, 3.63) is 59.7 Å². The summed E-state index contributed by atoms with van der Waals surface area (Å²) in [6.45, 7) is 1.04. The zero-order valence-corrected chi connectivity index (χ0v) is 15.0. The second kappa shape index (κ2) is 7.49. The van der Waals surface area contributed by atoms with Crippen LogP contribution in [0.1, 0.15) is 24.4 Å². The molecule has 1 unspecified atom stereocenters. The number of nitrogens with zero attached hydrogens (tertiary/aromatic N) is 2. The van der Waals surface area contributed by atoms with Gasteiger partial charge in [0.05, 0.1) is 24.2 Å². The number of para-hydroxylation sites is 2. The summed E-state index contributed by atoms with van der Waals surface area (Å²) < 4.78 is 59.4. The Balaban J connectivity index is 1.82. The normalized spacial score (nSPS) is 12.8. The molecule has 0 aliphatic heterocycles. The minimum atomic E-state index is -4.70. The van der Waals surface area contributed by atoms with Crippen molar-refractivity contribution in [2.24, 2.45) is 0 Å². The Kier molecular flexibility index (Phi) is 5.26. The number of amides is 1. The van der Waals surface area contributed by atoms with Crippen molar-refractivity contribution >= 4 is 16.9 Å². The van der Waals surface area contributed by atoms with Crippen molar-refractivity contribution in [1.82, 2.24) is 14.9 Å². The predicted octanol–water partition coefficient (Wildman–Crippen LogP) is 4.08. The second-order valence-corrected chi connectivity index (χ2v) is 6.19. The standard InChI is InChI=1S/C19H17F4N3O2/c1-11(12-7-8-16(28-2)13(20)9-12)24-17(27)10-26-15-6-4-3-5-14(15)25-18(26)19(21,22)23/h3-9,11H,10H2,1-2H3,(H,24,27). The number of carbonyl (C=O) groups excluding carboxylic acids is 1. The largest absolute Gasteiger partial charge is 0.494 e. The molecule has 2 aromatic carbocycles. The molecule has 28 heavy (non-hydrogen) atoms. The number of hydrogen-bond donors (Lipinski definition) is 1. The maximum Gasteiger partial charge on any atom is 0.449 e. The highest BCUT2D eigenvalue weighted by atomic mass is 19.4. The molecule has 148 valence electrons. The smallest absolute Gasteiger partial charge is 0.449 e. The Morgan fingerprint density at radius 1 is 1.25 bits per heavy atom. The minimum absolute atomic E-state index is 0.0574. The van der Waals surface area contributed by atoms with Crippen molar-refractivity contribution in [3.63, 3.8) is 0 Å². The molecule has 0 spiro atoms. The molecule has 0 fully saturated rings. The van der Waals surface area contributed by atoms with Gasteiger partial charge in [0.2, 0.25) is 11.7 Å². The van der Waals surface area contributed by atoms with Crippen LogP contribution in [-0.2, 0) is 17.5 Å². The lowest BCUT2D eigenvalue weighted by molar-refractivity contribution is -0.147. The molecule has 9 heteroatoms. The van der Waals surface area contributed by atoms with Crippen molar-refractivity contribution in [1.29, 1.82) is 0 Å². The lowest BCUT2D eigenvalue weighted by atomic mass is 10.1. The lowest BCUT2D eigenvalue weighted by Crippen LogP contribution is -2.31. The van der Waals surface area contributed by atoms with Crippen LogP contribution in [0.25, 0.3) is 11.0 Å². The highest BCUT2D eigenvalue weighted by Crippen LogP contribution is 2.31. The molecule has 1 heterocycles. The fraction of sp³-hybridized carbons (Fsp3) is 0.263. The Hall–Kier alpha value is -3.10. The quantitative estimate of drug-likeness (QED) is 0.663. The van der Waals surface area contributed by atoms with Crippen LogP contribution in [0.2, 0.25) is 0 Å². The van der Waals surface area contributed by atoms with Crippen LogP contribution in [0.4, 0.5) is 17.6 Å². The van der Waals surface area contributed by atoms with Gasteiger partial charge in [-0.2, -0.15) is 13.2 Å². The first-order valence-corrected chi connectivity index (χ1v) is 8.36. The van der Waals surface area contributed by atoms with E-state index in [4.69, 9.17) is 4.74 Å². The van der Waals surface area contributed by atoms with E-state index in [1.54, 1.807) is 25.1 Å². The van der Waals surface area contributed by atoms with Crippen molar-refractivity contribution in [2.45, 2.75) is 25.7 Å². The van der Waals surface area contributed by atoms with Gasteiger partial charge in [-0.15, -0.1) is 0 Å². The number of nitrogens with one attached hydrogen (secondary N) is 1.